The summed E-state index contributed by atoms with van der Waals surface area (Å²) < 4.78 is 0. The van der Waals surface area contributed by atoms with Crippen LogP contribution < -0.4 is 5.73 Å². The van der Waals surface area contributed by atoms with E-state index in [0.29, 0.717) is 17.1 Å². The van der Waals surface area contributed by atoms with Gasteiger partial charge in [-0.25, -0.2) is 4.98 Å². The summed E-state index contributed by atoms with van der Waals surface area (Å²) in [4.78, 5) is 7.68. The van der Waals surface area contributed by atoms with Gasteiger partial charge in [0.2, 0.25) is 0 Å². The number of nitriles is 1. The van der Waals surface area contributed by atoms with Crippen LogP contribution in [0.25, 0.3) is 22.4 Å². The van der Waals surface area contributed by atoms with Crippen molar-refractivity contribution in [3.63, 3.8) is 0 Å². The summed E-state index contributed by atoms with van der Waals surface area (Å²) in [6.45, 7) is 0. The average Bonchev–Trinajstić information content (AvgIpc) is 2.82. The summed E-state index contributed by atoms with van der Waals surface area (Å²) in [5, 5.41) is 8.97. The largest absolute Gasteiger partial charge is 0.397 e. The fourth-order valence-electron chi connectivity index (χ4n) is 1.95. The number of H-pyrrole nitrogens is 1. The number of para-hydroxylation sites is 3. The molecule has 0 saturated carbocycles. The molecule has 1 heterocycles. The highest BCUT2D eigenvalue weighted by atomic mass is 14.9. The molecule has 4 heteroatoms. The number of hydrogen-bond donors (Lipinski definition) is 2. The second-order valence-corrected chi connectivity index (χ2v) is 3.98. The predicted molar refractivity (Wildman–Crippen MR) is 70.7 cm³/mol. The van der Waals surface area contributed by atoms with Gasteiger partial charge in [-0.1, -0.05) is 18.2 Å². The van der Waals surface area contributed by atoms with Crippen molar-refractivity contribution < 1.29 is 0 Å². The molecular formula is C14H10N4. The zero-order valence-electron chi connectivity index (χ0n) is 9.51. The predicted octanol–water partition coefficient (Wildman–Crippen LogP) is 2.68. The fraction of sp³-hybridized carbons (Fsp3) is 0. The van der Waals surface area contributed by atoms with Crippen LogP contribution in [0, 0.1) is 11.3 Å². The standard InChI is InChI=1S/C14H10N4/c15-8-9-4-3-5-10(13(9)16)14-17-11-6-1-2-7-12(11)18-14/h1-7H,16H2,(H,17,18). The Labute approximate surface area is 104 Å². The number of aromatic amines is 1. The molecule has 0 aliphatic rings. The van der Waals surface area contributed by atoms with Crippen LogP contribution in [0.2, 0.25) is 0 Å². The SMILES string of the molecule is N#Cc1cccc(-c2nc3ccccc3[nH]2)c1N. The Morgan fingerprint density at radius 1 is 1.11 bits per heavy atom. The van der Waals surface area contributed by atoms with Gasteiger partial charge in [-0.15, -0.1) is 0 Å². The highest BCUT2D eigenvalue weighted by Crippen LogP contribution is 2.27. The molecule has 0 radical (unpaired) electrons. The van der Waals surface area contributed by atoms with Gasteiger partial charge < -0.3 is 10.7 Å². The van der Waals surface area contributed by atoms with Crippen LogP contribution >= 0.6 is 0 Å². The number of nitrogen functional groups attached to an aromatic ring is 1. The molecule has 0 unspecified atom stereocenters. The average molecular weight is 234 g/mol. The topological polar surface area (TPSA) is 78.5 Å². The summed E-state index contributed by atoms with van der Waals surface area (Å²) in [7, 11) is 0. The van der Waals surface area contributed by atoms with E-state index in [1.54, 1.807) is 12.1 Å². The zero-order valence-corrected chi connectivity index (χ0v) is 9.51. The second-order valence-electron chi connectivity index (χ2n) is 3.98. The second kappa shape index (κ2) is 3.90. The van der Waals surface area contributed by atoms with Gasteiger partial charge in [0.1, 0.15) is 11.9 Å². The van der Waals surface area contributed by atoms with Crippen molar-refractivity contribution in [2.24, 2.45) is 0 Å². The van der Waals surface area contributed by atoms with Crippen molar-refractivity contribution >= 4 is 16.7 Å². The Bertz CT molecular complexity index is 732. The maximum Gasteiger partial charge on any atom is 0.140 e. The highest BCUT2D eigenvalue weighted by molar-refractivity contribution is 5.83. The highest BCUT2D eigenvalue weighted by Gasteiger charge is 2.10. The molecular weight excluding hydrogens is 224 g/mol. The van der Waals surface area contributed by atoms with Crippen LogP contribution in [-0.2, 0) is 0 Å². The first kappa shape index (κ1) is 10.4. The minimum atomic E-state index is 0.457. The number of nitrogens with zero attached hydrogens (tertiary/aromatic N) is 2. The van der Waals surface area contributed by atoms with Gasteiger partial charge in [-0.3, -0.25) is 0 Å². The first-order valence-electron chi connectivity index (χ1n) is 5.53. The number of rotatable bonds is 1. The molecule has 86 valence electrons. The third-order valence-corrected chi connectivity index (χ3v) is 2.87. The van der Waals surface area contributed by atoms with Gasteiger partial charge in [0.25, 0.3) is 0 Å². The molecule has 3 aromatic rings. The Morgan fingerprint density at radius 3 is 2.72 bits per heavy atom. The lowest BCUT2D eigenvalue weighted by molar-refractivity contribution is 1.33. The van der Waals surface area contributed by atoms with E-state index in [4.69, 9.17) is 11.0 Å². The van der Waals surface area contributed by atoms with E-state index < -0.39 is 0 Å². The molecule has 3 rings (SSSR count). The van der Waals surface area contributed by atoms with E-state index in [1.165, 1.54) is 0 Å². The van der Waals surface area contributed by atoms with Crippen molar-refractivity contribution in [3.05, 3.63) is 48.0 Å². The van der Waals surface area contributed by atoms with Crippen molar-refractivity contribution in [1.29, 1.82) is 5.26 Å². The van der Waals surface area contributed by atoms with E-state index in [-0.39, 0.29) is 0 Å². The van der Waals surface area contributed by atoms with E-state index >= 15 is 0 Å². The van der Waals surface area contributed by atoms with Gasteiger partial charge in [0, 0.05) is 5.56 Å². The van der Waals surface area contributed by atoms with Crippen LogP contribution in [0.3, 0.4) is 0 Å². The molecule has 0 amide bonds. The molecule has 0 fully saturated rings. The van der Waals surface area contributed by atoms with Gasteiger partial charge in [0.05, 0.1) is 22.3 Å². The third-order valence-electron chi connectivity index (χ3n) is 2.87. The van der Waals surface area contributed by atoms with E-state index in [9.17, 15) is 0 Å². The summed E-state index contributed by atoms with van der Waals surface area (Å²) in [5.74, 6) is 0.686. The van der Waals surface area contributed by atoms with E-state index in [0.717, 1.165) is 16.6 Å². The Hall–Kier alpha value is -2.80. The molecule has 0 saturated heterocycles. The molecule has 1 aromatic heterocycles. The molecule has 18 heavy (non-hydrogen) atoms. The Kier molecular flexibility index (Phi) is 2.24. The molecule has 0 aliphatic carbocycles. The van der Waals surface area contributed by atoms with Gasteiger partial charge >= 0.3 is 0 Å². The van der Waals surface area contributed by atoms with Crippen LogP contribution in [0.15, 0.2) is 42.5 Å². The maximum atomic E-state index is 8.97. The monoisotopic (exact) mass is 234 g/mol. The summed E-state index contributed by atoms with van der Waals surface area (Å²) >= 11 is 0. The summed E-state index contributed by atoms with van der Waals surface area (Å²) in [6, 6.07) is 15.2. The number of nitrogens with one attached hydrogen (secondary N) is 1. The van der Waals surface area contributed by atoms with Crippen molar-refractivity contribution in [3.8, 4) is 17.5 Å². The molecule has 2 aromatic carbocycles. The molecule has 0 spiro atoms. The van der Waals surface area contributed by atoms with Gasteiger partial charge in [-0.2, -0.15) is 5.26 Å². The minimum absolute atomic E-state index is 0.457. The first-order chi connectivity index (χ1) is 8.79. The fourth-order valence-corrected chi connectivity index (χ4v) is 1.95. The Balaban J connectivity index is 2.24. The quantitative estimate of drug-likeness (QED) is 0.635. The third kappa shape index (κ3) is 1.50. The Morgan fingerprint density at radius 2 is 1.94 bits per heavy atom. The molecule has 0 bridgehead atoms. The summed E-state index contributed by atoms with van der Waals surface area (Å²) in [6.07, 6.45) is 0. The summed E-state index contributed by atoms with van der Waals surface area (Å²) in [5.41, 5.74) is 9.48. The van der Waals surface area contributed by atoms with Crippen LogP contribution in [0.4, 0.5) is 5.69 Å². The van der Waals surface area contributed by atoms with Crippen LogP contribution in [0.1, 0.15) is 5.56 Å². The van der Waals surface area contributed by atoms with E-state index in [2.05, 4.69) is 16.0 Å². The van der Waals surface area contributed by atoms with Crippen molar-refractivity contribution in [1.82, 2.24) is 9.97 Å². The number of aromatic nitrogens is 2. The number of benzene rings is 2. The zero-order chi connectivity index (χ0) is 12.5. The first-order valence-corrected chi connectivity index (χ1v) is 5.53. The number of hydrogen-bond acceptors (Lipinski definition) is 3. The van der Waals surface area contributed by atoms with Gasteiger partial charge in [-0.05, 0) is 24.3 Å². The van der Waals surface area contributed by atoms with Gasteiger partial charge in [0.15, 0.2) is 0 Å². The maximum absolute atomic E-state index is 8.97. The molecule has 0 atom stereocenters. The van der Waals surface area contributed by atoms with Crippen LogP contribution in [0.5, 0.6) is 0 Å². The normalized spacial score (nSPS) is 10.4. The lowest BCUT2D eigenvalue weighted by Gasteiger charge is -2.03. The number of imidazole rings is 1. The van der Waals surface area contributed by atoms with Crippen molar-refractivity contribution in [2.45, 2.75) is 0 Å². The smallest absolute Gasteiger partial charge is 0.140 e. The number of anilines is 1. The minimum Gasteiger partial charge on any atom is -0.397 e. The molecule has 4 nitrogen and oxygen atoms in total. The van der Waals surface area contributed by atoms with E-state index in [1.807, 2.05) is 30.3 Å². The number of nitrogens with two attached hydrogens (primary N) is 1. The molecule has 0 aliphatic heterocycles. The number of fused-ring (bicyclic) bond motifs is 1. The van der Waals surface area contributed by atoms with Crippen molar-refractivity contribution in [2.75, 3.05) is 5.73 Å². The molecule has 3 N–H and O–H groups in total. The lowest BCUT2D eigenvalue weighted by atomic mass is 10.1. The van der Waals surface area contributed by atoms with Crippen LogP contribution in [-0.4, -0.2) is 9.97 Å². The lowest BCUT2D eigenvalue weighted by Crippen LogP contribution is -1.94.